The quantitative estimate of drug-likeness (QED) is 0.701. The largest absolute Gasteiger partial charge is 0.259 e. The Morgan fingerprint density at radius 3 is 2.75 bits per heavy atom. The first-order valence-electron chi connectivity index (χ1n) is 4.13. The minimum atomic E-state index is -0.686. The molecule has 0 heterocycles. The fourth-order valence-corrected chi connectivity index (χ4v) is 1.85. The minimum absolute atomic E-state index is 0.686. The first-order valence-corrected chi connectivity index (χ1v) is 5.61. The van der Waals surface area contributed by atoms with E-state index in [1.54, 1.807) is 0 Å². The molecule has 0 N–H and O–H groups in total. The number of rotatable bonds is 3. The molecule has 0 spiro atoms. The van der Waals surface area contributed by atoms with E-state index in [1.165, 1.54) is 11.1 Å². The fourth-order valence-electron chi connectivity index (χ4n) is 1.09. The van der Waals surface area contributed by atoms with Crippen LogP contribution in [0.25, 0.3) is 0 Å². The van der Waals surface area contributed by atoms with E-state index in [9.17, 15) is 4.21 Å². The summed E-state index contributed by atoms with van der Waals surface area (Å²) in [6, 6.07) is 8.18. The summed E-state index contributed by atoms with van der Waals surface area (Å²) in [6.45, 7) is 4.00. The van der Waals surface area contributed by atoms with Gasteiger partial charge in [0.05, 0.1) is 0 Å². The molecule has 0 amide bonds. The van der Waals surface area contributed by atoms with E-state index in [0.29, 0.717) is 5.75 Å². The van der Waals surface area contributed by atoms with Gasteiger partial charge in [0.1, 0.15) is 0 Å². The van der Waals surface area contributed by atoms with Gasteiger partial charge in [0, 0.05) is 22.3 Å². The van der Waals surface area contributed by atoms with Crippen molar-refractivity contribution in [1.29, 1.82) is 0 Å². The monoisotopic (exact) mass is 182 g/mol. The molecule has 0 aliphatic rings. The standard InChI is InChI=1S/C10H14OS/c1-3-12(11)8-10-6-4-5-9(2)7-10/h4-7H,3,8H2,1-2H3. The molecule has 1 aromatic rings. The molecule has 2 heteroatoms. The Labute approximate surface area is 76.3 Å². The van der Waals surface area contributed by atoms with Crippen LogP contribution in [0, 0.1) is 6.92 Å². The highest BCUT2D eigenvalue weighted by atomic mass is 32.2. The van der Waals surface area contributed by atoms with E-state index >= 15 is 0 Å². The molecule has 0 aromatic heterocycles. The first-order chi connectivity index (χ1) is 5.72. The van der Waals surface area contributed by atoms with Crippen LogP contribution in [-0.4, -0.2) is 9.96 Å². The lowest BCUT2D eigenvalue weighted by Crippen LogP contribution is -1.97. The Balaban J connectivity index is 2.69. The predicted molar refractivity (Wildman–Crippen MR) is 53.6 cm³/mol. The van der Waals surface area contributed by atoms with Gasteiger partial charge in [0.2, 0.25) is 0 Å². The molecule has 0 aliphatic heterocycles. The lowest BCUT2D eigenvalue weighted by molar-refractivity contribution is 0.683. The molecule has 0 saturated carbocycles. The van der Waals surface area contributed by atoms with Crippen LogP contribution in [0.2, 0.25) is 0 Å². The second-order valence-corrected chi connectivity index (χ2v) is 4.61. The van der Waals surface area contributed by atoms with Gasteiger partial charge in [-0.25, -0.2) is 0 Å². The van der Waals surface area contributed by atoms with E-state index in [-0.39, 0.29) is 0 Å². The van der Waals surface area contributed by atoms with Crippen molar-refractivity contribution in [3.05, 3.63) is 35.4 Å². The summed E-state index contributed by atoms with van der Waals surface area (Å²) in [4.78, 5) is 0. The molecule has 1 aromatic carbocycles. The summed E-state index contributed by atoms with van der Waals surface area (Å²) in [6.07, 6.45) is 0. The summed E-state index contributed by atoms with van der Waals surface area (Å²) < 4.78 is 11.2. The Morgan fingerprint density at radius 2 is 2.17 bits per heavy atom. The molecular weight excluding hydrogens is 168 g/mol. The molecule has 1 unspecified atom stereocenters. The normalized spacial score (nSPS) is 12.8. The van der Waals surface area contributed by atoms with E-state index in [2.05, 4.69) is 19.1 Å². The van der Waals surface area contributed by atoms with Crippen molar-refractivity contribution < 1.29 is 4.21 Å². The number of aryl methyl sites for hydroxylation is 1. The second-order valence-electron chi connectivity index (χ2n) is 2.86. The number of benzene rings is 1. The molecule has 0 saturated heterocycles. The molecule has 1 atom stereocenters. The Hall–Kier alpha value is -0.630. The zero-order valence-corrected chi connectivity index (χ0v) is 8.36. The Bertz CT molecular complexity index is 281. The van der Waals surface area contributed by atoms with Crippen LogP contribution in [0.15, 0.2) is 24.3 Å². The van der Waals surface area contributed by atoms with Crippen molar-refractivity contribution >= 4 is 10.8 Å². The van der Waals surface area contributed by atoms with Gasteiger partial charge in [0.25, 0.3) is 0 Å². The molecule has 66 valence electrons. The predicted octanol–water partition coefficient (Wildman–Crippen LogP) is 2.26. The third-order valence-electron chi connectivity index (χ3n) is 1.73. The van der Waals surface area contributed by atoms with Gasteiger partial charge in [-0.3, -0.25) is 4.21 Å². The molecule has 0 aliphatic carbocycles. The Kier molecular flexibility index (Phi) is 3.48. The van der Waals surface area contributed by atoms with Gasteiger partial charge in [-0.15, -0.1) is 0 Å². The van der Waals surface area contributed by atoms with Gasteiger partial charge >= 0.3 is 0 Å². The fraction of sp³-hybridized carbons (Fsp3) is 0.400. The van der Waals surface area contributed by atoms with E-state index < -0.39 is 10.8 Å². The third-order valence-corrected chi connectivity index (χ3v) is 3.03. The van der Waals surface area contributed by atoms with Crippen LogP contribution in [0.3, 0.4) is 0 Å². The van der Waals surface area contributed by atoms with Gasteiger partial charge in [-0.2, -0.15) is 0 Å². The highest BCUT2D eigenvalue weighted by Gasteiger charge is 1.97. The molecular formula is C10H14OS. The summed E-state index contributed by atoms with van der Waals surface area (Å²) in [5.41, 5.74) is 2.41. The zero-order chi connectivity index (χ0) is 8.97. The smallest absolute Gasteiger partial charge is 0.0485 e. The van der Waals surface area contributed by atoms with Crippen molar-refractivity contribution in [2.45, 2.75) is 19.6 Å². The van der Waals surface area contributed by atoms with E-state index in [1.807, 2.05) is 19.1 Å². The summed E-state index contributed by atoms with van der Waals surface area (Å²) in [5, 5.41) is 0. The Morgan fingerprint density at radius 1 is 1.42 bits per heavy atom. The van der Waals surface area contributed by atoms with Gasteiger partial charge in [-0.1, -0.05) is 36.8 Å². The molecule has 0 radical (unpaired) electrons. The summed E-state index contributed by atoms with van der Waals surface area (Å²) >= 11 is 0. The van der Waals surface area contributed by atoms with Crippen molar-refractivity contribution in [2.75, 3.05) is 5.75 Å². The molecule has 1 nitrogen and oxygen atoms in total. The number of hydrogen-bond donors (Lipinski definition) is 0. The minimum Gasteiger partial charge on any atom is -0.259 e. The highest BCUT2D eigenvalue weighted by Crippen LogP contribution is 2.06. The maximum atomic E-state index is 11.2. The lowest BCUT2D eigenvalue weighted by atomic mass is 10.2. The maximum absolute atomic E-state index is 11.2. The molecule has 0 fully saturated rings. The number of hydrogen-bond acceptors (Lipinski definition) is 1. The van der Waals surface area contributed by atoms with Gasteiger partial charge < -0.3 is 0 Å². The van der Waals surface area contributed by atoms with Crippen LogP contribution in [0.4, 0.5) is 0 Å². The van der Waals surface area contributed by atoms with Crippen molar-refractivity contribution in [1.82, 2.24) is 0 Å². The first kappa shape index (κ1) is 9.46. The average molecular weight is 182 g/mol. The van der Waals surface area contributed by atoms with Crippen LogP contribution in [0.5, 0.6) is 0 Å². The van der Waals surface area contributed by atoms with Crippen molar-refractivity contribution in [2.24, 2.45) is 0 Å². The third kappa shape index (κ3) is 2.78. The molecule has 12 heavy (non-hydrogen) atoms. The molecule has 1 rings (SSSR count). The SMILES string of the molecule is CCS(=O)Cc1cccc(C)c1. The topological polar surface area (TPSA) is 17.1 Å². The highest BCUT2D eigenvalue weighted by molar-refractivity contribution is 7.84. The molecule has 0 bridgehead atoms. The van der Waals surface area contributed by atoms with Crippen LogP contribution in [0.1, 0.15) is 18.1 Å². The second kappa shape index (κ2) is 4.41. The summed E-state index contributed by atoms with van der Waals surface area (Å²) in [5.74, 6) is 1.44. The van der Waals surface area contributed by atoms with Crippen LogP contribution < -0.4 is 0 Å². The van der Waals surface area contributed by atoms with E-state index in [0.717, 1.165) is 5.75 Å². The van der Waals surface area contributed by atoms with E-state index in [4.69, 9.17) is 0 Å². The summed E-state index contributed by atoms with van der Waals surface area (Å²) in [7, 11) is -0.686. The lowest BCUT2D eigenvalue weighted by Gasteiger charge is -2.00. The van der Waals surface area contributed by atoms with Crippen LogP contribution in [-0.2, 0) is 16.6 Å². The van der Waals surface area contributed by atoms with Crippen molar-refractivity contribution in [3.63, 3.8) is 0 Å². The zero-order valence-electron chi connectivity index (χ0n) is 7.54. The van der Waals surface area contributed by atoms with Gasteiger partial charge in [0.15, 0.2) is 0 Å². The maximum Gasteiger partial charge on any atom is 0.0485 e. The van der Waals surface area contributed by atoms with Crippen LogP contribution >= 0.6 is 0 Å². The van der Waals surface area contributed by atoms with Gasteiger partial charge in [-0.05, 0) is 12.5 Å². The van der Waals surface area contributed by atoms with Crippen molar-refractivity contribution in [3.8, 4) is 0 Å². The average Bonchev–Trinajstić information content (AvgIpc) is 2.04.